The van der Waals surface area contributed by atoms with Crippen LogP contribution in [0, 0.1) is 0 Å². The van der Waals surface area contributed by atoms with E-state index in [1.807, 2.05) is 37.2 Å². The number of rotatable bonds is 41. The van der Waals surface area contributed by atoms with Gasteiger partial charge in [0.1, 0.15) is 18.1 Å². The molecule has 0 N–H and O–H groups in total. The lowest BCUT2D eigenvalue weighted by Gasteiger charge is -2.13. The van der Waals surface area contributed by atoms with Crippen LogP contribution in [0.4, 0.5) is 0 Å². The van der Waals surface area contributed by atoms with Gasteiger partial charge in [-0.15, -0.1) is 0 Å². The molecule has 9 heteroatoms. The van der Waals surface area contributed by atoms with Gasteiger partial charge in [-0.2, -0.15) is 0 Å². The molecule has 0 bridgehead atoms. The molecule has 1 aromatic rings. The van der Waals surface area contributed by atoms with Crippen LogP contribution in [0.15, 0.2) is 18.2 Å². The number of nitrogens with zero attached hydrogens (tertiary/aromatic N) is 1. The molecule has 0 atom stereocenters. The van der Waals surface area contributed by atoms with E-state index in [-0.39, 0.29) is 24.5 Å². The highest BCUT2D eigenvalue weighted by atomic mass is 16.5. The van der Waals surface area contributed by atoms with Crippen LogP contribution in [0.2, 0.25) is 0 Å². The van der Waals surface area contributed by atoms with Gasteiger partial charge < -0.3 is 28.6 Å². The second kappa shape index (κ2) is 38.7. The van der Waals surface area contributed by atoms with Gasteiger partial charge in [0.05, 0.1) is 32.8 Å². The Labute approximate surface area is 349 Å². The first-order valence-electron chi connectivity index (χ1n) is 23.3. The Morgan fingerprint density at radius 3 is 1.18 bits per heavy atom. The molecule has 330 valence electrons. The summed E-state index contributed by atoms with van der Waals surface area (Å²) in [6.07, 6.45) is 30.9. The van der Waals surface area contributed by atoms with Gasteiger partial charge in [-0.25, -0.2) is 0 Å². The Hall–Kier alpha value is -2.81. The van der Waals surface area contributed by atoms with Gasteiger partial charge in [-0.3, -0.25) is 14.4 Å². The molecule has 1 rings (SSSR count). The molecule has 57 heavy (non-hydrogen) atoms. The van der Waals surface area contributed by atoms with Crippen LogP contribution in [0.1, 0.15) is 206 Å². The maximum absolute atomic E-state index is 12.3. The number of unbranched alkanes of at least 4 members (excludes halogenated alkanes) is 22. The van der Waals surface area contributed by atoms with E-state index >= 15 is 0 Å². The van der Waals surface area contributed by atoms with Crippen LogP contribution in [0.25, 0.3) is 0 Å². The van der Waals surface area contributed by atoms with E-state index in [1.54, 1.807) is 0 Å². The number of ether oxygens (including phenoxy) is 5. The van der Waals surface area contributed by atoms with Crippen molar-refractivity contribution in [1.82, 2.24) is 4.90 Å². The number of carbonyl (C=O) groups excluding carboxylic acids is 3. The Bertz CT molecular complexity index is 1040. The Kier molecular flexibility index (Phi) is 35.4. The first kappa shape index (κ1) is 52.2. The lowest BCUT2D eigenvalue weighted by atomic mass is 10.1. The molecule has 0 aliphatic heterocycles. The van der Waals surface area contributed by atoms with Crippen LogP contribution in [-0.4, -0.2) is 69.9 Å². The minimum absolute atomic E-state index is 0.0475. The molecule has 0 heterocycles. The Balaban J connectivity index is 2.26. The largest absolute Gasteiger partial charge is 0.493 e. The van der Waals surface area contributed by atoms with Gasteiger partial charge in [0, 0.05) is 25.5 Å². The number of benzene rings is 1. The van der Waals surface area contributed by atoms with E-state index in [0.717, 1.165) is 120 Å². The monoisotopic (exact) mass is 804 g/mol. The number of carbonyl (C=O) groups is 3. The van der Waals surface area contributed by atoms with Gasteiger partial charge in [0.2, 0.25) is 0 Å². The van der Waals surface area contributed by atoms with Crippen molar-refractivity contribution < 1.29 is 38.1 Å². The normalized spacial score (nSPS) is 11.2. The Morgan fingerprint density at radius 1 is 0.421 bits per heavy atom. The van der Waals surface area contributed by atoms with Crippen molar-refractivity contribution in [3.05, 3.63) is 23.8 Å². The molecule has 1 aromatic carbocycles. The number of esters is 3. The lowest BCUT2D eigenvalue weighted by Crippen LogP contribution is -2.17. The quantitative estimate of drug-likeness (QED) is 0.0364. The van der Waals surface area contributed by atoms with E-state index < -0.39 is 0 Å². The van der Waals surface area contributed by atoms with Gasteiger partial charge in [-0.1, -0.05) is 142 Å². The van der Waals surface area contributed by atoms with Crippen LogP contribution < -0.4 is 9.47 Å². The average molecular weight is 804 g/mol. The van der Waals surface area contributed by atoms with E-state index in [9.17, 15) is 14.4 Å². The van der Waals surface area contributed by atoms with Crippen molar-refractivity contribution in [2.75, 3.05) is 47.1 Å². The molecule has 0 aromatic heterocycles. The van der Waals surface area contributed by atoms with Crippen molar-refractivity contribution in [3.8, 4) is 11.5 Å². The molecule has 0 aliphatic rings. The van der Waals surface area contributed by atoms with Gasteiger partial charge >= 0.3 is 17.9 Å². The van der Waals surface area contributed by atoms with Crippen molar-refractivity contribution in [2.45, 2.75) is 207 Å². The molecule has 0 aliphatic carbocycles. The number of hydrogen-bond acceptors (Lipinski definition) is 9. The minimum Gasteiger partial charge on any atom is -0.493 e. The van der Waals surface area contributed by atoms with E-state index in [1.165, 1.54) is 64.2 Å². The highest BCUT2D eigenvalue weighted by Gasteiger charge is 2.09. The maximum atomic E-state index is 12.3. The summed E-state index contributed by atoms with van der Waals surface area (Å²) < 4.78 is 28.7. The van der Waals surface area contributed by atoms with Crippen molar-refractivity contribution in [3.63, 3.8) is 0 Å². The molecular formula is C48H85NO8. The summed E-state index contributed by atoms with van der Waals surface area (Å²) in [6, 6.07) is 5.81. The third-order valence-electron chi connectivity index (χ3n) is 10.2. The maximum Gasteiger partial charge on any atom is 0.307 e. The molecular weight excluding hydrogens is 719 g/mol. The minimum atomic E-state index is -0.221. The van der Waals surface area contributed by atoms with E-state index in [2.05, 4.69) is 13.8 Å². The molecule has 0 amide bonds. The zero-order valence-electron chi connectivity index (χ0n) is 37.2. The first-order valence-corrected chi connectivity index (χ1v) is 23.3. The van der Waals surface area contributed by atoms with Crippen molar-refractivity contribution >= 4 is 17.9 Å². The third kappa shape index (κ3) is 34.9. The van der Waals surface area contributed by atoms with Crippen LogP contribution >= 0.6 is 0 Å². The fourth-order valence-electron chi connectivity index (χ4n) is 6.60. The van der Waals surface area contributed by atoms with Crippen LogP contribution in [0.5, 0.6) is 11.5 Å². The topological polar surface area (TPSA) is 101 Å². The van der Waals surface area contributed by atoms with E-state index in [0.29, 0.717) is 52.2 Å². The van der Waals surface area contributed by atoms with Gasteiger partial charge in [0.15, 0.2) is 0 Å². The average Bonchev–Trinajstić information content (AvgIpc) is 3.19. The molecule has 9 nitrogen and oxygen atoms in total. The molecule has 0 fully saturated rings. The molecule has 0 spiro atoms. The fraction of sp³-hybridized carbons (Fsp3) is 0.812. The SMILES string of the molecule is CCCCCCCCCC(=O)OCCCCCCCCOc1cc(COC(=O)CCN(C)C)cc(OCCCCCCCCOC(=O)CCCCCCCCC)c1. The summed E-state index contributed by atoms with van der Waals surface area (Å²) in [5, 5.41) is 0. The van der Waals surface area contributed by atoms with Crippen LogP contribution in [-0.2, 0) is 35.2 Å². The molecule has 0 radical (unpaired) electrons. The zero-order valence-corrected chi connectivity index (χ0v) is 37.2. The van der Waals surface area contributed by atoms with Gasteiger partial charge in [0.25, 0.3) is 0 Å². The first-order chi connectivity index (χ1) is 27.8. The predicted molar refractivity (Wildman–Crippen MR) is 233 cm³/mol. The summed E-state index contributed by atoms with van der Waals surface area (Å²) >= 11 is 0. The zero-order chi connectivity index (χ0) is 41.4. The summed E-state index contributed by atoms with van der Waals surface area (Å²) in [5.74, 6) is 1.14. The third-order valence-corrected chi connectivity index (χ3v) is 10.2. The predicted octanol–water partition coefficient (Wildman–Crippen LogP) is 12.5. The summed E-state index contributed by atoms with van der Waals surface area (Å²) in [5.41, 5.74) is 0.854. The number of hydrogen-bond donors (Lipinski definition) is 0. The smallest absolute Gasteiger partial charge is 0.307 e. The Morgan fingerprint density at radius 2 is 0.772 bits per heavy atom. The van der Waals surface area contributed by atoms with E-state index in [4.69, 9.17) is 23.7 Å². The second-order valence-electron chi connectivity index (χ2n) is 16.1. The summed E-state index contributed by atoms with van der Waals surface area (Å²) in [7, 11) is 3.88. The van der Waals surface area contributed by atoms with Crippen LogP contribution in [0.3, 0.4) is 0 Å². The van der Waals surface area contributed by atoms with Crippen molar-refractivity contribution in [1.29, 1.82) is 0 Å². The summed E-state index contributed by atoms with van der Waals surface area (Å²) in [6.45, 7) is 7.58. The highest BCUT2D eigenvalue weighted by Crippen LogP contribution is 2.25. The molecule has 0 unspecified atom stereocenters. The summed E-state index contributed by atoms with van der Waals surface area (Å²) in [4.78, 5) is 38.2. The second-order valence-corrected chi connectivity index (χ2v) is 16.1. The van der Waals surface area contributed by atoms with Crippen molar-refractivity contribution in [2.24, 2.45) is 0 Å². The fourth-order valence-corrected chi connectivity index (χ4v) is 6.60. The highest BCUT2D eigenvalue weighted by molar-refractivity contribution is 5.70. The standard InChI is InChI=1S/C48H85NO8/c1-5-7-9-11-13-19-25-31-46(50)55-37-29-23-17-15-21-27-35-53-44-39-43(42-57-48(52)33-34-49(3)4)40-45(41-44)54-36-28-22-16-18-24-30-38-56-47(51)32-26-20-14-12-10-8-6-2/h39-41H,5-38,42H2,1-4H3. The molecule has 0 saturated carbocycles. The molecule has 0 saturated heterocycles. The van der Waals surface area contributed by atoms with Gasteiger partial charge in [-0.05, 0) is 70.3 Å². The lowest BCUT2D eigenvalue weighted by molar-refractivity contribution is -0.145.